The van der Waals surface area contributed by atoms with E-state index >= 15 is 0 Å². The van der Waals surface area contributed by atoms with Crippen LogP contribution in [0.25, 0.3) is 0 Å². The molecule has 0 spiro atoms. The Morgan fingerprint density at radius 2 is 0.597 bits per heavy atom. The monoisotopic (exact) mass is 2000 g/mol. The van der Waals surface area contributed by atoms with Gasteiger partial charge < -0.3 is 32.3 Å². The minimum Gasteiger partial charge on any atom is -1.00 e. The molecule has 0 heterocycles. The number of nitrogen functional groups attached to an aromatic ring is 1. The van der Waals surface area contributed by atoms with Crippen molar-refractivity contribution in [3.63, 3.8) is 0 Å². The zero-order chi connectivity index (χ0) is 94.8. The van der Waals surface area contributed by atoms with Gasteiger partial charge in [0.1, 0.15) is 0 Å². The molecule has 4 aromatic rings. The number of carbonyl (C=O) groups excluding carboxylic acids is 1. The van der Waals surface area contributed by atoms with E-state index in [-0.39, 0.29) is 104 Å². The van der Waals surface area contributed by atoms with Crippen LogP contribution in [-0.2, 0) is 51.0 Å². The van der Waals surface area contributed by atoms with Gasteiger partial charge in [-0.1, -0.05) is 440 Å². The fourth-order valence-corrected chi connectivity index (χ4v) is 16.7. The predicted molar refractivity (Wildman–Crippen MR) is 566 cm³/mol. The van der Waals surface area contributed by atoms with Crippen LogP contribution < -0.4 is 74.9 Å². The molecule has 0 amide bonds. The summed E-state index contributed by atoms with van der Waals surface area (Å²) in [4.78, 5) is 33.8. The van der Waals surface area contributed by atoms with Gasteiger partial charge in [0, 0.05) is 86.0 Å². The molecule has 4 aromatic carbocycles. The van der Waals surface area contributed by atoms with Crippen molar-refractivity contribution in [1.29, 1.82) is 0 Å². The van der Waals surface area contributed by atoms with Crippen LogP contribution in [0.3, 0.4) is 0 Å². The Labute approximate surface area is 865 Å². The van der Waals surface area contributed by atoms with Crippen LogP contribution in [0.15, 0.2) is 97.1 Å². The van der Waals surface area contributed by atoms with E-state index in [1.54, 1.807) is 38.1 Å². The van der Waals surface area contributed by atoms with Crippen molar-refractivity contribution in [2.24, 2.45) is 0 Å². The second-order valence-electron chi connectivity index (χ2n) is 32.1. The molecule has 0 aliphatic heterocycles. The number of rotatable bonds is 72. The molecule has 0 fully saturated rings. The van der Waals surface area contributed by atoms with Crippen molar-refractivity contribution in [1.82, 2.24) is 0 Å². The van der Waals surface area contributed by atoms with Crippen molar-refractivity contribution in [2.75, 3.05) is 82.3 Å². The van der Waals surface area contributed by atoms with E-state index in [1.165, 1.54) is 411 Å². The second-order valence-corrected chi connectivity index (χ2v) is 37.9. The molecule has 0 unspecified atom stereocenters. The normalized spacial score (nSPS) is 10.1. The SMILES string of the molecule is C.CCCCCCCCCCCCCCCCS.CCCCCCCCCCCCCCCCSCc1ccc(N(C)C)cc1.CCCCCCCCCCCCCCCCSCc1ccc(N)cc1.CCCCCCCCCCCCCCCCSCc1ccc([N+](=O)[O-])cc1.CCO.CC[O-].CO.COS(=O)(=O)OC.O=COO.O=[N+]([O-])c1ccc(CBr)cc1.[H-].[Na+].[Na+]. The molecule has 0 bridgehead atoms. The number of nitrogens with zero attached hydrogens (tertiary/aromatic N) is 3. The first-order chi connectivity index (χ1) is 61.3. The van der Waals surface area contributed by atoms with Gasteiger partial charge >= 0.3 is 76.0 Å². The molecule has 0 saturated carbocycles. The van der Waals surface area contributed by atoms with E-state index in [4.69, 9.17) is 31.1 Å². The molecule has 0 aliphatic rings. The van der Waals surface area contributed by atoms with Crippen LogP contribution in [0, 0.1) is 20.2 Å². The number of halogens is 1. The number of carbonyl (C=O) groups is 1. The predicted octanol–water partition coefficient (Wildman–Crippen LogP) is 26.5. The number of hydrogen-bond acceptors (Lipinski definition) is 20. The molecule has 0 radical (unpaired) electrons. The number of thiol groups is 1. The largest absolute Gasteiger partial charge is 1.00 e. The zero-order valence-electron chi connectivity index (χ0n) is 84.7. The van der Waals surface area contributed by atoms with Crippen molar-refractivity contribution in [2.45, 2.75) is 431 Å². The van der Waals surface area contributed by atoms with E-state index in [0.717, 1.165) is 60.9 Å². The van der Waals surface area contributed by atoms with Gasteiger partial charge in [0.15, 0.2) is 0 Å². The minimum atomic E-state index is -3.66. The summed E-state index contributed by atoms with van der Waals surface area (Å²) in [6, 6.07) is 30.7. The van der Waals surface area contributed by atoms with E-state index in [0.29, 0.717) is 0 Å². The number of alkyl halides is 1. The smallest absolute Gasteiger partial charge is 1.00 e. The number of nitro benzene ring substituents is 2. The standard InChI is InChI=1S/C25H45NS.C23H39NO2S.C23H41NS.C16H34S.C7H6BrNO2.C2H6O4S.C2H6O.C2H5O.CH2O3.CH4O.CH4.2Na.H/c1-4-5-6-7-8-9-10-11-12-13-14-15-16-17-22-27-23-24-18-20-25(21-19-24)26(2)3;1-2-3-4-5-6-7-8-9-10-11-12-13-14-15-20-27-21-22-16-18-23(19-17-22)24(25)26;1-2-3-4-5-6-7-8-9-10-11-12-13-14-15-20-25-21-22-16-18-23(24)19-17-22;1-2-3-4-5-6-7-8-9-10-11-12-13-14-15-16-17;8-5-6-1-3-7(4-2-6)9(10)11;1-5-7(3,4)6-2;2*1-2-3;2-1-4-3;1-2;;;;/h18-21H,4-17,22-23H2,1-3H3;16-19H,2-15,20-21H2,1H3;16-19H,2-15,20-21,24H2,1H3;17H,2-16H2,1H3;1-4H,5H2;1-2H3;3H,2H2,1H3;2H2,1H3;1,3H;2H,1H3;1H4;;;/q;;;;;;;-1;;;;2*+1;-1. The third-order valence-corrected chi connectivity index (χ3v) is 25.7. The summed E-state index contributed by atoms with van der Waals surface area (Å²) < 4.78 is 27.5. The Balaban J connectivity index is -0.000000166. The number of hydrogen-bond donors (Lipinski definition) is 5. The number of thioether (sulfide) groups is 3. The molecule has 0 saturated heterocycles. The molecule has 26 heteroatoms. The molecule has 18 nitrogen and oxygen atoms in total. The molecule has 129 heavy (non-hydrogen) atoms. The summed E-state index contributed by atoms with van der Waals surface area (Å²) >= 11 is 13.6. The number of unbranched alkanes of at least 4 members (excludes halogenated alkanes) is 52. The minimum absolute atomic E-state index is 0. The van der Waals surface area contributed by atoms with Crippen LogP contribution >= 0.6 is 63.8 Å². The van der Waals surface area contributed by atoms with Gasteiger partial charge in [-0.3, -0.25) is 33.4 Å². The summed E-state index contributed by atoms with van der Waals surface area (Å²) in [6.07, 6.45) is 80.1. The summed E-state index contributed by atoms with van der Waals surface area (Å²) in [6.45, 7) is 12.6. The van der Waals surface area contributed by atoms with Gasteiger partial charge in [-0.05, 0) is 102 Å². The van der Waals surface area contributed by atoms with Crippen molar-refractivity contribution < 1.29 is 117 Å². The average Bonchev–Trinajstić information content (AvgIpc) is 0.909. The van der Waals surface area contributed by atoms with Gasteiger partial charge in [0.05, 0.1) is 24.1 Å². The number of anilines is 2. The fourth-order valence-electron chi connectivity index (χ4n) is 13.1. The van der Waals surface area contributed by atoms with Crippen molar-refractivity contribution >= 4 is 103 Å². The molecule has 748 valence electrons. The number of nitro groups is 2. The Morgan fingerprint density at radius 3 is 0.767 bits per heavy atom. The van der Waals surface area contributed by atoms with Crippen LogP contribution in [0.2, 0.25) is 0 Å². The molecular formula is C103H193BrN4Na2O14S5. The number of aliphatic hydroxyl groups excluding tert-OH is 2. The molecule has 4 rings (SSSR count). The molecular weight excluding hydrogens is 1800 g/mol. The van der Waals surface area contributed by atoms with Crippen LogP contribution in [0.1, 0.15) is 432 Å². The third-order valence-electron chi connectivity index (χ3n) is 20.6. The van der Waals surface area contributed by atoms with Gasteiger partial charge in [0.2, 0.25) is 0 Å². The first kappa shape index (κ1) is 145. The molecule has 5 N–H and O–H groups in total. The summed E-state index contributed by atoms with van der Waals surface area (Å²) in [5, 5.41) is 52.1. The average molecular weight is 2000 g/mol. The molecule has 0 aromatic heterocycles. The van der Waals surface area contributed by atoms with Crippen molar-refractivity contribution in [3.05, 3.63) is 140 Å². The zero-order valence-corrected chi connectivity index (χ0v) is 93.4. The maximum Gasteiger partial charge on any atom is 1.00 e. The maximum atomic E-state index is 10.6. The van der Waals surface area contributed by atoms with Gasteiger partial charge in [-0.25, -0.2) is 5.26 Å². The van der Waals surface area contributed by atoms with Crippen LogP contribution in [0.5, 0.6) is 0 Å². The van der Waals surface area contributed by atoms with Crippen LogP contribution in [0.4, 0.5) is 22.7 Å². The number of aliphatic hydroxyl groups is 2. The maximum absolute atomic E-state index is 10.6. The van der Waals surface area contributed by atoms with Crippen LogP contribution in [-0.4, -0.2) is 112 Å². The topological polar surface area (TPSA) is 278 Å². The first-order valence-electron chi connectivity index (χ1n) is 49.0. The quantitative estimate of drug-likeness (QED) is 0.00316. The van der Waals surface area contributed by atoms with E-state index in [2.05, 4.69) is 148 Å². The van der Waals surface area contributed by atoms with E-state index < -0.39 is 15.3 Å². The molecule has 0 aliphatic carbocycles. The first-order valence-corrected chi connectivity index (χ1v) is 55.6. The number of nitrogens with two attached hydrogens (primary N) is 1. The van der Waals surface area contributed by atoms with E-state index in [9.17, 15) is 28.6 Å². The Morgan fingerprint density at radius 1 is 0.411 bits per heavy atom. The van der Waals surface area contributed by atoms with Gasteiger partial charge in [-0.15, -0.1) is 6.61 Å². The summed E-state index contributed by atoms with van der Waals surface area (Å²) in [5.41, 5.74) is 13.2. The third kappa shape index (κ3) is 120. The molecule has 0 atom stereocenters. The Hall–Kier alpha value is -1.66. The van der Waals surface area contributed by atoms with Gasteiger partial charge in [-0.2, -0.15) is 56.3 Å². The number of non-ortho nitro benzene ring substituents is 2. The summed E-state index contributed by atoms with van der Waals surface area (Å²) in [7, 11) is 3.59. The second kappa shape index (κ2) is 124. The summed E-state index contributed by atoms with van der Waals surface area (Å²) in [5.74, 6) is 8.10. The van der Waals surface area contributed by atoms with E-state index in [1.807, 2.05) is 36.0 Å². The Kier molecular flexibility index (Phi) is 140. The van der Waals surface area contributed by atoms with Gasteiger partial charge in [0.25, 0.3) is 11.4 Å². The number of benzene rings is 4. The Bertz CT molecular complexity index is 2860. The fraction of sp³-hybridized carbons (Fsp3) is 0.757. The van der Waals surface area contributed by atoms with Crippen molar-refractivity contribution in [3.8, 4) is 0 Å².